The van der Waals surface area contributed by atoms with E-state index in [-0.39, 0.29) is 5.91 Å². The van der Waals surface area contributed by atoms with Gasteiger partial charge in [0.1, 0.15) is 0 Å². The molecule has 1 fully saturated rings. The van der Waals surface area contributed by atoms with Crippen molar-refractivity contribution in [3.8, 4) is 11.5 Å². The molecule has 0 radical (unpaired) electrons. The summed E-state index contributed by atoms with van der Waals surface area (Å²) in [4.78, 5) is 20.2. The molecule has 8 heteroatoms. The second kappa shape index (κ2) is 9.69. The Morgan fingerprint density at radius 2 is 1.50 bits per heavy atom. The van der Waals surface area contributed by atoms with Crippen LogP contribution in [0.5, 0.6) is 11.5 Å². The predicted octanol–water partition coefficient (Wildman–Crippen LogP) is 6.82. The average Bonchev–Trinajstić information content (AvgIpc) is 3.10. The number of halogens is 2. The number of amidine groups is 1. The number of carbonyl (C=O) groups is 1. The van der Waals surface area contributed by atoms with E-state index in [1.165, 1.54) is 11.8 Å². The van der Waals surface area contributed by atoms with Crippen molar-refractivity contribution in [2.24, 2.45) is 4.99 Å². The number of ether oxygens (including phenoxy) is 2. The Morgan fingerprint density at radius 3 is 2.12 bits per heavy atom. The maximum Gasteiger partial charge on any atom is 0.271 e. The van der Waals surface area contributed by atoms with E-state index in [0.717, 1.165) is 5.56 Å². The maximum absolute atomic E-state index is 13.4. The molecule has 1 amide bonds. The highest BCUT2D eigenvalue weighted by molar-refractivity contribution is 8.19. The molecule has 0 aromatic heterocycles. The van der Waals surface area contributed by atoms with Gasteiger partial charge in [0, 0.05) is 10.0 Å². The minimum atomic E-state index is -0.181. The number of aliphatic imine (C=N–C) groups is 1. The Balaban J connectivity index is 1.75. The van der Waals surface area contributed by atoms with E-state index in [9.17, 15) is 4.79 Å². The van der Waals surface area contributed by atoms with Gasteiger partial charge in [-0.25, -0.2) is 4.99 Å². The lowest BCUT2D eigenvalue weighted by molar-refractivity contribution is -0.113. The Morgan fingerprint density at radius 1 is 0.875 bits per heavy atom. The van der Waals surface area contributed by atoms with Gasteiger partial charge in [-0.2, -0.15) is 0 Å². The van der Waals surface area contributed by atoms with Crippen LogP contribution in [-0.2, 0) is 4.79 Å². The van der Waals surface area contributed by atoms with Crippen molar-refractivity contribution in [2.75, 3.05) is 19.1 Å². The molecule has 1 heterocycles. The van der Waals surface area contributed by atoms with E-state index in [1.54, 1.807) is 73.7 Å². The molecule has 0 atom stereocenters. The summed E-state index contributed by atoms with van der Waals surface area (Å²) in [5.74, 6) is 1.02. The highest BCUT2D eigenvalue weighted by Crippen LogP contribution is 2.38. The van der Waals surface area contributed by atoms with E-state index in [2.05, 4.69) is 0 Å². The largest absolute Gasteiger partial charge is 0.493 e. The molecule has 0 spiro atoms. The standard InChI is InChI=1S/C24H18Cl2N2O3S/c1-30-20-12-3-15(13-21(20)31-2)14-22-23(29)28(19-10-6-17(26)7-11-19)24(32-22)27-18-8-4-16(25)5-9-18/h3-14H,1-2H3/b22-14-,27-24?. The SMILES string of the molecule is COc1ccc(/C=C2\SC(=Nc3ccc(Cl)cc3)N(c3ccc(Cl)cc3)C2=O)cc1OC. The number of anilines is 1. The number of nitrogens with zero attached hydrogens (tertiary/aromatic N) is 2. The van der Waals surface area contributed by atoms with E-state index < -0.39 is 0 Å². The number of hydrogen-bond acceptors (Lipinski definition) is 5. The van der Waals surface area contributed by atoms with Crippen molar-refractivity contribution >= 4 is 63.5 Å². The zero-order valence-electron chi connectivity index (χ0n) is 17.2. The van der Waals surface area contributed by atoms with Crippen LogP contribution in [0.4, 0.5) is 11.4 Å². The molecule has 4 rings (SSSR count). The number of amides is 1. The minimum absolute atomic E-state index is 0.181. The Labute approximate surface area is 200 Å². The average molecular weight is 485 g/mol. The minimum Gasteiger partial charge on any atom is -0.493 e. The van der Waals surface area contributed by atoms with Gasteiger partial charge >= 0.3 is 0 Å². The van der Waals surface area contributed by atoms with Crippen molar-refractivity contribution in [1.82, 2.24) is 0 Å². The fraction of sp³-hybridized carbons (Fsp3) is 0.0833. The Kier molecular flexibility index (Phi) is 6.74. The summed E-state index contributed by atoms with van der Waals surface area (Å²) in [7, 11) is 3.15. The van der Waals surface area contributed by atoms with E-state index >= 15 is 0 Å². The number of benzene rings is 3. The van der Waals surface area contributed by atoms with E-state index in [0.29, 0.717) is 43.0 Å². The van der Waals surface area contributed by atoms with Crippen molar-refractivity contribution in [1.29, 1.82) is 0 Å². The molecule has 3 aromatic rings. The lowest BCUT2D eigenvalue weighted by Crippen LogP contribution is -2.28. The summed E-state index contributed by atoms with van der Waals surface area (Å²) in [6.45, 7) is 0. The quantitative estimate of drug-likeness (QED) is 0.372. The van der Waals surface area contributed by atoms with Crippen LogP contribution in [-0.4, -0.2) is 25.3 Å². The lowest BCUT2D eigenvalue weighted by Gasteiger charge is -2.15. The molecule has 0 bridgehead atoms. The monoisotopic (exact) mass is 484 g/mol. The summed E-state index contributed by atoms with van der Waals surface area (Å²) in [6, 6.07) is 19.7. The van der Waals surface area contributed by atoms with Crippen LogP contribution in [0.3, 0.4) is 0 Å². The van der Waals surface area contributed by atoms with Crippen molar-refractivity contribution in [3.05, 3.63) is 87.2 Å². The van der Waals surface area contributed by atoms with Crippen molar-refractivity contribution < 1.29 is 14.3 Å². The second-order valence-corrected chi connectivity index (χ2v) is 8.59. The molecule has 0 saturated carbocycles. The maximum atomic E-state index is 13.4. The van der Waals surface area contributed by atoms with Crippen LogP contribution in [0.25, 0.3) is 6.08 Å². The first-order valence-corrected chi connectivity index (χ1v) is 11.1. The van der Waals surface area contributed by atoms with Gasteiger partial charge in [-0.3, -0.25) is 9.69 Å². The molecular formula is C24H18Cl2N2O3S. The predicted molar refractivity (Wildman–Crippen MR) is 133 cm³/mol. The molecule has 0 unspecified atom stereocenters. The van der Waals surface area contributed by atoms with Gasteiger partial charge in [0.05, 0.1) is 30.5 Å². The summed E-state index contributed by atoms with van der Waals surface area (Å²) in [5.41, 5.74) is 2.17. The zero-order valence-corrected chi connectivity index (χ0v) is 19.5. The first-order chi connectivity index (χ1) is 15.5. The summed E-state index contributed by atoms with van der Waals surface area (Å²) >= 11 is 13.3. The molecule has 3 aromatic carbocycles. The van der Waals surface area contributed by atoms with Crippen LogP contribution in [0.15, 0.2) is 76.6 Å². The molecule has 162 valence electrons. The summed E-state index contributed by atoms with van der Waals surface area (Å²) in [5, 5.41) is 1.74. The van der Waals surface area contributed by atoms with Crippen LogP contribution in [0.2, 0.25) is 10.0 Å². The first-order valence-electron chi connectivity index (χ1n) is 9.54. The van der Waals surface area contributed by atoms with Gasteiger partial charge < -0.3 is 9.47 Å². The fourth-order valence-corrected chi connectivity index (χ4v) is 4.34. The van der Waals surface area contributed by atoms with Crippen LogP contribution >= 0.6 is 35.0 Å². The summed E-state index contributed by atoms with van der Waals surface area (Å²) < 4.78 is 10.7. The number of carbonyl (C=O) groups excluding carboxylic acids is 1. The number of rotatable bonds is 5. The van der Waals surface area contributed by atoms with E-state index in [1.807, 2.05) is 18.2 Å². The molecule has 1 aliphatic heterocycles. The molecular weight excluding hydrogens is 467 g/mol. The van der Waals surface area contributed by atoms with Gasteiger partial charge in [0.25, 0.3) is 5.91 Å². The highest BCUT2D eigenvalue weighted by atomic mass is 35.5. The zero-order chi connectivity index (χ0) is 22.7. The molecule has 32 heavy (non-hydrogen) atoms. The normalized spacial score (nSPS) is 16.1. The summed E-state index contributed by atoms with van der Waals surface area (Å²) in [6.07, 6.45) is 1.81. The molecule has 0 aliphatic carbocycles. The third kappa shape index (κ3) is 4.78. The molecule has 5 nitrogen and oxygen atoms in total. The van der Waals surface area contributed by atoms with Gasteiger partial charge in [0.2, 0.25) is 0 Å². The second-order valence-electron chi connectivity index (χ2n) is 6.71. The van der Waals surface area contributed by atoms with Gasteiger partial charge in [-0.15, -0.1) is 0 Å². The third-order valence-corrected chi connectivity index (χ3v) is 6.12. The van der Waals surface area contributed by atoms with Crippen LogP contribution < -0.4 is 14.4 Å². The lowest BCUT2D eigenvalue weighted by atomic mass is 10.2. The Hall–Kier alpha value is -2.93. The topological polar surface area (TPSA) is 51.1 Å². The van der Waals surface area contributed by atoms with Crippen LogP contribution in [0.1, 0.15) is 5.56 Å². The number of methoxy groups -OCH3 is 2. The Bertz CT molecular complexity index is 1210. The first kappa shape index (κ1) is 22.3. The highest BCUT2D eigenvalue weighted by Gasteiger charge is 2.34. The van der Waals surface area contributed by atoms with Gasteiger partial charge in [0.15, 0.2) is 16.7 Å². The smallest absolute Gasteiger partial charge is 0.271 e. The van der Waals surface area contributed by atoms with Crippen LogP contribution in [0, 0.1) is 0 Å². The molecule has 1 saturated heterocycles. The van der Waals surface area contributed by atoms with Crippen molar-refractivity contribution in [2.45, 2.75) is 0 Å². The van der Waals surface area contributed by atoms with Gasteiger partial charge in [-0.1, -0.05) is 29.3 Å². The number of hydrogen-bond donors (Lipinski definition) is 0. The van der Waals surface area contributed by atoms with Crippen molar-refractivity contribution in [3.63, 3.8) is 0 Å². The van der Waals surface area contributed by atoms with Gasteiger partial charge in [-0.05, 0) is 84.1 Å². The number of thioether (sulfide) groups is 1. The fourth-order valence-electron chi connectivity index (χ4n) is 3.09. The molecule has 1 aliphatic rings. The molecule has 0 N–H and O–H groups in total. The van der Waals surface area contributed by atoms with E-state index in [4.69, 9.17) is 37.7 Å². The third-order valence-electron chi connectivity index (χ3n) is 4.65.